The summed E-state index contributed by atoms with van der Waals surface area (Å²) in [7, 11) is 1.54. The van der Waals surface area contributed by atoms with E-state index in [4.69, 9.17) is 14.7 Å². The van der Waals surface area contributed by atoms with Crippen LogP contribution in [0.1, 0.15) is 73.2 Å². The fourth-order valence-electron chi connectivity index (χ4n) is 4.69. The van der Waals surface area contributed by atoms with Gasteiger partial charge in [-0.3, -0.25) is 4.98 Å². The molecule has 2 aliphatic carbocycles. The Labute approximate surface area is 194 Å². The number of rotatable bonds is 8. The van der Waals surface area contributed by atoms with Crippen molar-refractivity contribution >= 4 is 22.3 Å². The Morgan fingerprint density at radius 1 is 1.06 bits per heavy atom. The van der Waals surface area contributed by atoms with Gasteiger partial charge in [0.25, 0.3) is 0 Å². The van der Waals surface area contributed by atoms with E-state index in [1.165, 1.54) is 29.4 Å². The average molecular weight is 443 g/mol. The van der Waals surface area contributed by atoms with Crippen LogP contribution in [0.3, 0.4) is 0 Å². The van der Waals surface area contributed by atoms with Gasteiger partial charge in [-0.1, -0.05) is 34.6 Å². The van der Waals surface area contributed by atoms with Crippen molar-refractivity contribution in [3.05, 3.63) is 70.7 Å². The normalized spacial score (nSPS) is 17.3. The second-order valence-corrected chi connectivity index (χ2v) is 8.85. The van der Waals surface area contributed by atoms with Crippen LogP contribution < -0.4 is 0 Å². The fourth-order valence-corrected chi connectivity index (χ4v) is 4.69. The Balaban J connectivity index is 1.27. The van der Waals surface area contributed by atoms with Gasteiger partial charge < -0.3 is 9.68 Å². The number of aryl methyl sites for hydroxylation is 1. The number of aromatic nitrogens is 2. The van der Waals surface area contributed by atoms with Gasteiger partial charge >= 0.3 is 0 Å². The van der Waals surface area contributed by atoms with Crippen molar-refractivity contribution in [3.8, 4) is 0 Å². The molecule has 0 amide bonds. The highest BCUT2D eigenvalue weighted by atomic mass is 16.6. The van der Waals surface area contributed by atoms with Crippen LogP contribution in [0.15, 0.2) is 52.8 Å². The SMILES string of the molecule is CO/N=C(\C)c1cccc(CCCO/N=C2\CCCc3c2nc2ccccc2c3C2CC2)n1. The summed E-state index contributed by atoms with van der Waals surface area (Å²) in [6, 6.07) is 14.5. The molecule has 1 saturated carbocycles. The van der Waals surface area contributed by atoms with Gasteiger partial charge in [0.1, 0.15) is 25.1 Å². The van der Waals surface area contributed by atoms with Gasteiger partial charge in [0.05, 0.1) is 16.9 Å². The van der Waals surface area contributed by atoms with Gasteiger partial charge in [0.2, 0.25) is 0 Å². The number of hydrogen-bond acceptors (Lipinski definition) is 6. The van der Waals surface area contributed by atoms with E-state index in [2.05, 4.69) is 39.6 Å². The maximum Gasteiger partial charge on any atom is 0.117 e. The molecule has 170 valence electrons. The Morgan fingerprint density at radius 3 is 2.79 bits per heavy atom. The number of benzene rings is 1. The topological polar surface area (TPSA) is 69.0 Å². The standard InChI is InChI=1S/C27H30N4O2/c1-18(30-32-2)23-13-5-8-20(28-23)9-7-17-33-31-25-14-6-11-22-26(19-15-16-19)21-10-3-4-12-24(21)29-27(22)25/h3-5,8,10,12-13,19H,6-7,9,11,14-17H2,1-2H3/b30-18+,31-25+. The van der Waals surface area contributed by atoms with Gasteiger partial charge in [0.15, 0.2) is 0 Å². The highest BCUT2D eigenvalue weighted by molar-refractivity contribution is 6.03. The molecule has 2 aromatic heterocycles. The van der Waals surface area contributed by atoms with Gasteiger partial charge in [-0.2, -0.15) is 0 Å². The van der Waals surface area contributed by atoms with E-state index >= 15 is 0 Å². The van der Waals surface area contributed by atoms with Gasteiger partial charge in [-0.15, -0.1) is 0 Å². The molecule has 1 fully saturated rings. The Kier molecular flexibility index (Phi) is 6.33. The van der Waals surface area contributed by atoms with Crippen LogP contribution in [0.4, 0.5) is 0 Å². The first-order chi connectivity index (χ1) is 16.2. The Morgan fingerprint density at radius 2 is 1.94 bits per heavy atom. The third kappa shape index (κ3) is 4.75. The first-order valence-corrected chi connectivity index (χ1v) is 11.9. The molecule has 0 saturated heterocycles. The molecule has 0 N–H and O–H groups in total. The number of para-hydroxylation sites is 1. The van der Waals surface area contributed by atoms with E-state index < -0.39 is 0 Å². The maximum atomic E-state index is 5.77. The van der Waals surface area contributed by atoms with Crippen LogP contribution >= 0.6 is 0 Å². The van der Waals surface area contributed by atoms with Crippen LogP contribution in [0.2, 0.25) is 0 Å². The number of oxime groups is 2. The smallest absolute Gasteiger partial charge is 0.117 e. The summed E-state index contributed by atoms with van der Waals surface area (Å²) in [5, 5.41) is 9.83. The molecule has 5 rings (SSSR count). The third-order valence-corrected chi connectivity index (χ3v) is 6.39. The van der Waals surface area contributed by atoms with E-state index in [1.54, 1.807) is 7.11 Å². The van der Waals surface area contributed by atoms with Crippen molar-refractivity contribution in [2.75, 3.05) is 13.7 Å². The average Bonchev–Trinajstić information content (AvgIpc) is 3.68. The van der Waals surface area contributed by atoms with Crippen molar-refractivity contribution in [1.82, 2.24) is 9.97 Å². The summed E-state index contributed by atoms with van der Waals surface area (Å²) in [5.41, 5.74) is 8.66. The number of fused-ring (bicyclic) bond motifs is 2. The largest absolute Gasteiger partial charge is 0.399 e. The Hall–Kier alpha value is -3.28. The van der Waals surface area contributed by atoms with E-state index in [1.807, 2.05) is 25.1 Å². The molecule has 2 heterocycles. The first-order valence-electron chi connectivity index (χ1n) is 11.9. The molecule has 6 nitrogen and oxygen atoms in total. The summed E-state index contributed by atoms with van der Waals surface area (Å²) < 4.78 is 0. The van der Waals surface area contributed by atoms with Crippen LogP contribution in [0, 0.1) is 0 Å². The predicted octanol–water partition coefficient (Wildman–Crippen LogP) is 5.57. The quantitative estimate of drug-likeness (QED) is 0.260. The highest BCUT2D eigenvalue weighted by Gasteiger charge is 2.32. The van der Waals surface area contributed by atoms with Crippen molar-refractivity contribution < 1.29 is 9.68 Å². The molecule has 0 unspecified atom stereocenters. The molecule has 1 aromatic carbocycles. The van der Waals surface area contributed by atoms with Crippen LogP contribution in [0.25, 0.3) is 10.9 Å². The number of pyridine rings is 2. The molecule has 33 heavy (non-hydrogen) atoms. The summed E-state index contributed by atoms with van der Waals surface area (Å²) in [4.78, 5) is 20.3. The molecule has 0 aliphatic heterocycles. The molecule has 0 spiro atoms. The molecule has 0 bridgehead atoms. The van der Waals surface area contributed by atoms with Gasteiger partial charge in [0, 0.05) is 11.1 Å². The monoisotopic (exact) mass is 442 g/mol. The lowest BCUT2D eigenvalue weighted by molar-refractivity contribution is 0.141. The van der Waals surface area contributed by atoms with Crippen molar-refractivity contribution in [2.24, 2.45) is 10.3 Å². The number of hydrogen-bond donors (Lipinski definition) is 0. The van der Waals surface area contributed by atoms with Crippen molar-refractivity contribution in [2.45, 2.75) is 57.8 Å². The highest BCUT2D eigenvalue weighted by Crippen LogP contribution is 2.46. The zero-order chi connectivity index (χ0) is 22.6. The maximum absolute atomic E-state index is 5.77. The number of nitrogens with zero attached hydrogens (tertiary/aromatic N) is 4. The summed E-state index contributed by atoms with van der Waals surface area (Å²) in [5.74, 6) is 0.688. The minimum atomic E-state index is 0.555. The molecule has 6 heteroatoms. The molecule has 2 aliphatic rings. The summed E-state index contributed by atoms with van der Waals surface area (Å²) in [6.07, 6.45) is 7.36. The molecular formula is C27H30N4O2. The second-order valence-electron chi connectivity index (χ2n) is 8.85. The second kappa shape index (κ2) is 9.69. The summed E-state index contributed by atoms with van der Waals surface area (Å²) >= 11 is 0. The van der Waals surface area contributed by atoms with Crippen molar-refractivity contribution in [1.29, 1.82) is 0 Å². The van der Waals surface area contributed by atoms with Crippen molar-refractivity contribution in [3.63, 3.8) is 0 Å². The first kappa shape index (κ1) is 21.6. The van der Waals surface area contributed by atoms with Crippen LogP contribution in [-0.4, -0.2) is 35.1 Å². The molecule has 3 aromatic rings. The Bertz CT molecular complexity index is 1210. The minimum Gasteiger partial charge on any atom is -0.399 e. The molecular weight excluding hydrogens is 412 g/mol. The predicted molar refractivity (Wildman–Crippen MR) is 131 cm³/mol. The van der Waals surface area contributed by atoms with Gasteiger partial charge in [-0.05, 0) is 87.1 Å². The zero-order valence-electron chi connectivity index (χ0n) is 19.4. The van der Waals surface area contributed by atoms with E-state index in [9.17, 15) is 0 Å². The lowest BCUT2D eigenvalue weighted by Crippen LogP contribution is -2.17. The third-order valence-electron chi connectivity index (χ3n) is 6.39. The van der Waals surface area contributed by atoms with Gasteiger partial charge in [-0.25, -0.2) is 4.98 Å². The summed E-state index contributed by atoms with van der Waals surface area (Å²) in [6.45, 7) is 2.45. The molecule has 0 radical (unpaired) electrons. The van der Waals surface area contributed by atoms with Crippen LogP contribution in [-0.2, 0) is 22.5 Å². The van der Waals surface area contributed by atoms with Crippen LogP contribution in [0.5, 0.6) is 0 Å². The lowest BCUT2D eigenvalue weighted by atomic mass is 9.87. The lowest BCUT2D eigenvalue weighted by Gasteiger charge is -2.21. The van der Waals surface area contributed by atoms with E-state index in [0.29, 0.717) is 12.5 Å². The minimum absolute atomic E-state index is 0.555. The fraction of sp³-hybridized carbons (Fsp3) is 0.407. The van der Waals surface area contributed by atoms with E-state index in [-0.39, 0.29) is 0 Å². The van der Waals surface area contributed by atoms with E-state index in [0.717, 1.165) is 66.1 Å². The molecule has 0 atom stereocenters. The zero-order valence-corrected chi connectivity index (χ0v) is 19.4.